The highest BCUT2D eigenvalue weighted by molar-refractivity contribution is 6.41. The van der Waals surface area contributed by atoms with Crippen molar-refractivity contribution in [3.63, 3.8) is 0 Å². The molecule has 1 aromatic rings. The van der Waals surface area contributed by atoms with Crippen LogP contribution >= 0.6 is 11.6 Å². The van der Waals surface area contributed by atoms with Crippen LogP contribution < -0.4 is 10.6 Å². The van der Waals surface area contributed by atoms with Gasteiger partial charge in [0.15, 0.2) is 0 Å². The van der Waals surface area contributed by atoms with Crippen LogP contribution in [0, 0.1) is 13.8 Å². The lowest BCUT2D eigenvalue weighted by atomic mass is 10.1. The molecule has 0 bridgehead atoms. The minimum absolute atomic E-state index is 0.439. The first-order chi connectivity index (χ1) is 9.45. The normalized spacial score (nSPS) is 10.2. The topological polar surface area (TPSA) is 58.2 Å². The minimum Gasteiger partial charge on any atom is -0.348 e. The summed E-state index contributed by atoms with van der Waals surface area (Å²) in [7, 11) is 0. The first-order valence-corrected chi connectivity index (χ1v) is 7.19. The summed E-state index contributed by atoms with van der Waals surface area (Å²) in [6, 6.07) is 3.66. The number of hydrogen-bond acceptors (Lipinski definition) is 2. The second-order valence-electron chi connectivity index (χ2n) is 4.86. The fourth-order valence-electron chi connectivity index (χ4n) is 1.90. The molecule has 2 amide bonds. The molecule has 0 radical (unpaired) electrons. The maximum atomic E-state index is 11.8. The molecule has 0 aliphatic carbocycles. The van der Waals surface area contributed by atoms with Crippen LogP contribution in [0.1, 0.15) is 37.3 Å². The zero-order valence-corrected chi connectivity index (χ0v) is 12.9. The van der Waals surface area contributed by atoms with E-state index in [0.29, 0.717) is 17.3 Å². The van der Waals surface area contributed by atoms with E-state index in [2.05, 4.69) is 17.6 Å². The fraction of sp³-hybridized carbons (Fsp3) is 0.467. The van der Waals surface area contributed by atoms with Gasteiger partial charge in [-0.2, -0.15) is 0 Å². The molecule has 0 saturated carbocycles. The van der Waals surface area contributed by atoms with Crippen molar-refractivity contribution in [1.29, 1.82) is 0 Å². The van der Waals surface area contributed by atoms with E-state index in [1.807, 2.05) is 19.9 Å². The van der Waals surface area contributed by atoms with Crippen molar-refractivity contribution in [3.8, 4) is 0 Å². The highest BCUT2D eigenvalue weighted by atomic mass is 35.5. The second-order valence-corrected chi connectivity index (χ2v) is 5.26. The number of benzene rings is 1. The van der Waals surface area contributed by atoms with E-state index in [-0.39, 0.29) is 0 Å². The molecule has 0 aromatic heterocycles. The Bertz CT molecular complexity index is 478. The van der Waals surface area contributed by atoms with Gasteiger partial charge in [-0.1, -0.05) is 37.4 Å². The molecule has 0 saturated heterocycles. The van der Waals surface area contributed by atoms with Gasteiger partial charge in [0.2, 0.25) is 0 Å². The Morgan fingerprint density at radius 2 is 1.85 bits per heavy atom. The lowest BCUT2D eigenvalue weighted by Gasteiger charge is -2.11. The Hall–Kier alpha value is -1.55. The van der Waals surface area contributed by atoms with E-state index in [0.717, 1.165) is 30.4 Å². The van der Waals surface area contributed by atoms with Gasteiger partial charge >= 0.3 is 11.8 Å². The van der Waals surface area contributed by atoms with Gasteiger partial charge in [0.05, 0.1) is 10.7 Å². The molecule has 0 aliphatic rings. The fourth-order valence-corrected chi connectivity index (χ4v) is 2.27. The number of carbonyl (C=O) groups excluding carboxylic acids is 2. The summed E-state index contributed by atoms with van der Waals surface area (Å²) < 4.78 is 0. The molecule has 0 fully saturated rings. The van der Waals surface area contributed by atoms with E-state index in [1.54, 1.807) is 6.07 Å². The van der Waals surface area contributed by atoms with Gasteiger partial charge in [0.25, 0.3) is 0 Å². The minimum atomic E-state index is -0.685. The van der Waals surface area contributed by atoms with Crippen molar-refractivity contribution in [1.82, 2.24) is 5.32 Å². The number of carbonyl (C=O) groups is 2. The van der Waals surface area contributed by atoms with Crippen molar-refractivity contribution >= 4 is 29.1 Å². The van der Waals surface area contributed by atoms with Gasteiger partial charge in [-0.3, -0.25) is 9.59 Å². The third kappa shape index (κ3) is 4.85. The summed E-state index contributed by atoms with van der Waals surface area (Å²) in [6.45, 7) is 6.36. The van der Waals surface area contributed by atoms with Crippen molar-refractivity contribution in [2.45, 2.75) is 40.0 Å². The number of aryl methyl sites for hydroxylation is 2. The molecule has 1 aromatic carbocycles. The molecule has 5 heteroatoms. The van der Waals surface area contributed by atoms with Gasteiger partial charge in [0.1, 0.15) is 0 Å². The van der Waals surface area contributed by atoms with E-state index in [9.17, 15) is 9.59 Å². The van der Waals surface area contributed by atoms with E-state index in [4.69, 9.17) is 11.6 Å². The molecular weight excluding hydrogens is 276 g/mol. The van der Waals surface area contributed by atoms with Crippen molar-refractivity contribution < 1.29 is 9.59 Å². The predicted molar refractivity (Wildman–Crippen MR) is 82.1 cm³/mol. The molecule has 20 heavy (non-hydrogen) atoms. The molecular formula is C15H21ClN2O2. The molecule has 0 atom stereocenters. The number of halogens is 1. The predicted octanol–water partition coefficient (Wildman–Crippen LogP) is 3.20. The molecule has 0 unspecified atom stereocenters. The highest BCUT2D eigenvalue weighted by Crippen LogP contribution is 2.27. The average molecular weight is 297 g/mol. The molecule has 4 nitrogen and oxygen atoms in total. The summed E-state index contributed by atoms with van der Waals surface area (Å²) in [6.07, 6.45) is 2.98. The van der Waals surface area contributed by atoms with Crippen LogP contribution in [0.3, 0.4) is 0 Å². The van der Waals surface area contributed by atoms with Gasteiger partial charge in [-0.25, -0.2) is 0 Å². The summed E-state index contributed by atoms with van der Waals surface area (Å²) in [5.41, 5.74) is 2.34. The number of nitrogens with one attached hydrogen (secondary N) is 2. The summed E-state index contributed by atoms with van der Waals surface area (Å²) in [4.78, 5) is 23.4. The second kappa shape index (κ2) is 7.90. The monoisotopic (exact) mass is 296 g/mol. The quantitative estimate of drug-likeness (QED) is 0.647. The summed E-state index contributed by atoms with van der Waals surface area (Å²) in [5.74, 6) is -1.31. The lowest BCUT2D eigenvalue weighted by molar-refractivity contribution is -0.136. The van der Waals surface area contributed by atoms with Crippen LogP contribution in [0.15, 0.2) is 12.1 Å². The van der Waals surface area contributed by atoms with E-state index >= 15 is 0 Å². The Morgan fingerprint density at radius 3 is 2.45 bits per heavy atom. The van der Waals surface area contributed by atoms with Crippen LogP contribution in [-0.2, 0) is 9.59 Å². The summed E-state index contributed by atoms with van der Waals surface area (Å²) in [5, 5.41) is 5.60. The van der Waals surface area contributed by atoms with Crippen LogP contribution in [-0.4, -0.2) is 18.4 Å². The average Bonchev–Trinajstić information content (AvgIpc) is 2.38. The SMILES string of the molecule is CCCCCNC(=O)C(=O)Nc1c(C)cc(C)cc1Cl. The largest absolute Gasteiger partial charge is 0.348 e. The third-order valence-corrected chi connectivity index (χ3v) is 3.24. The Balaban J connectivity index is 2.60. The Morgan fingerprint density at radius 1 is 1.15 bits per heavy atom. The molecule has 0 heterocycles. The Labute approximate surface area is 124 Å². The third-order valence-electron chi connectivity index (χ3n) is 2.94. The molecule has 0 aliphatic heterocycles. The standard InChI is InChI=1S/C15H21ClN2O2/c1-4-5-6-7-17-14(19)15(20)18-13-11(3)8-10(2)9-12(13)16/h8-9H,4-7H2,1-3H3,(H,17,19)(H,18,20). The number of hydrogen-bond donors (Lipinski definition) is 2. The maximum absolute atomic E-state index is 11.8. The van der Waals surface area contributed by atoms with Gasteiger partial charge < -0.3 is 10.6 Å². The molecule has 110 valence electrons. The van der Waals surface area contributed by atoms with E-state index in [1.165, 1.54) is 0 Å². The van der Waals surface area contributed by atoms with Gasteiger partial charge in [-0.05, 0) is 37.5 Å². The van der Waals surface area contributed by atoms with Gasteiger partial charge in [-0.15, -0.1) is 0 Å². The number of rotatable bonds is 5. The van der Waals surface area contributed by atoms with E-state index < -0.39 is 11.8 Å². The maximum Gasteiger partial charge on any atom is 0.313 e. The number of amides is 2. The zero-order chi connectivity index (χ0) is 15.1. The summed E-state index contributed by atoms with van der Waals surface area (Å²) >= 11 is 6.08. The van der Waals surface area contributed by atoms with Crippen LogP contribution in [0.2, 0.25) is 5.02 Å². The lowest BCUT2D eigenvalue weighted by Crippen LogP contribution is -2.36. The smallest absolute Gasteiger partial charge is 0.313 e. The van der Waals surface area contributed by atoms with Crippen LogP contribution in [0.5, 0.6) is 0 Å². The van der Waals surface area contributed by atoms with Crippen molar-refractivity contribution in [3.05, 3.63) is 28.3 Å². The Kier molecular flexibility index (Phi) is 6.52. The first kappa shape index (κ1) is 16.5. The number of unbranched alkanes of at least 4 members (excludes halogenated alkanes) is 2. The zero-order valence-electron chi connectivity index (χ0n) is 12.2. The number of anilines is 1. The molecule has 2 N–H and O–H groups in total. The first-order valence-electron chi connectivity index (χ1n) is 6.81. The van der Waals surface area contributed by atoms with Crippen LogP contribution in [0.4, 0.5) is 5.69 Å². The molecule has 0 spiro atoms. The van der Waals surface area contributed by atoms with Gasteiger partial charge in [0, 0.05) is 6.54 Å². The molecule has 1 rings (SSSR count). The van der Waals surface area contributed by atoms with Crippen molar-refractivity contribution in [2.75, 3.05) is 11.9 Å². The van der Waals surface area contributed by atoms with Crippen LogP contribution in [0.25, 0.3) is 0 Å². The highest BCUT2D eigenvalue weighted by Gasteiger charge is 2.16. The van der Waals surface area contributed by atoms with Crippen molar-refractivity contribution in [2.24, 2.45) is 0 Å².